The third-order valence-electron chi connectivity index (χ3n) is 6.59. The maximum absolute atomic E-state index is 12.7. The average molecular weight is 490 g/mol. The van der Waals surface area contributed by atoms with E-state index in [0.29, 0.717) is 28.8 Å². The number of anilines is 3. The highest BCUT2D eigenvalue weighted by Gasteiger charge is 2.35. The van der Waals surface area contributed by atoms with Crippen LogP contribution in [0.25, 0.3) is 0 Å². The number of para-hydroxylation sites is 1. The molecule has 3 amide bonds. The molecule has 1 aromatic heterocycles. The lowest BCUT2D eigenvalue weighted by molar-refractivity contribution is -0.122. The average Bonchev–Trinajstić information content (AvgIpc) is 3.52. The molecule has 1 aliphatic carbocycles. The van der Waals surface area contributed by atoms with Crippen molar-refractivity contribution in [3.05, 3.63) is 65.2 Å². The molecule has 0 spiro atoms. The fraction of sp³-hybridized carbons (Fsp3) is 0.346. The molecule has 1 saturated carbocycles. The molecule has 1 aliphatic heterocycles. The highest BCUT2D eigenvalue weighted by molar-refractivity contribution is 7.15. The van der Waals surface area contributed by atoms with E-state index in [1.54, 1.807) is 29.2 Å². The molecule has 1 atom stereocenters. The molecule has 2 aliphatic rings. The monoisotopic (exact) mass is 489 g/mol. The van der Waals surface area contributed by atoms with Gasteiger partial charge in [-0.25, -0.2) is 0 Å². The summed E-state index contributed by atoms with van der Waals surface area (Å²) in [5, 5.41) is 15.6. The predicted octanol–water partition coefficient (Wildman–Crippen LogP) is 4.83. The van der Waals surface area contributed by atoms with E-state index >= 15 is 0 Å². The Balaban J connectivity index is 1.15. The zero-order valence-electron chi connectivity index (χ0n) is 19.3. The number of aromatic nitrogens is 2. The number of amides is 3. The van der Waals surface area contributed by atoms with Crippen LogP contribution in [0.4, 0.5) is 16.5 Å². The number of benzene rings is 2. The highest BCUT2D eigenvalue weighted by atomic mass is 32.1. The summed E-state index contributed by atoms with van der Waals surface area (Å²) in [7, 11) is 0. The van der Waals surface area contributed by atoms with Crippen LogP contribution in [-0.4, -0.2) is 34.5 Å². The standard InChI is InChI=1S/C26H27N5O3S/c32-22-15-19(16-31(22)21-9-5-2-6-10-21)24(34)27-20-13-11-17(12-14-20)23(33)28-26-30-29-25(35-26)18-7-3-1-4-8-18/h2,5-6,9-14,18-19H,1,3-4,7-8,15-16H2,(H,27,34)(H,28,30,33). The molecule has 1 saturated heterocycles. The van der Waals surface area contributed by atoms with Crippen molar-refractivity contribution in [3.8, 4) is 0 Å². The van der Waals surface area contributed by atoms with E-state index in [1.807, 2.05) is 30.3 Å². The maximum atomic E-state index is 12.7. The van der Waals surface area contributed by atoms with Crippen molar-refractivity contribution in [1.29, 1.82) is 0 Å². The van der Waals surface area contributed by atoms with E-state index in [1.165, 1.54) is 30.6 Å². The van der Waals surface area contributed by atoms with Gasteiger partial charge in [-0.05, 0) is 49.2 Å². The molecule has 2 fully saturated rings. The van der Waals surface area contributed by atoms with Gasteiger partial charge >= 0.3 is 0 Å². The van der Waals surface area contributed by atoms with Crippen molar-refractivity contribution < 1.29 is 14.4 Å². The normalized spacial score (nSPS) is 18.5. The smallest absolute Gasteiger partial charge is 0.257 e. The van der Waals surface area contributed by atoms with Crippen molar-refractivity contribution in [1.82, 2.24) is 10.2 Å². The number of nitrogens with one attached hydrogen (secondary N) is 2. The van der Waals surface area contributed by atoms with Gasteiger partial charge in [-0.1, -0.05) is 48.8 Å². The number of hydrogen-bond donors (Lipinski definition) is 2. The Morgan fingerprint density at radius 2 is 1.66 bits per heavy atom. The first-order chi connectivity index (χ1) is 17.1. The summed E-state index contributed by atoms with van der Waals surface area (Å²) in [6, 6.07) is 16.0. The zero-order chi connectivity index (χ0) is 24.2. The van der Waals surface area contributed by atoms with E-state index in [2.05, 4.69) is 20.8 Å². The molecule has 2 N–H and O–H groups in total. The number of carbonyl (C=O) groups excluding carboxylic acids is 3. The van der Waals surface area contributed by atoms with Gasteiger partial charge in [0.05, 0.1) is 5.92 Å². The van der Waals surface area contributed by atoms with Gasteiger partial charge < -0.3 is 10.2 Å². The maximum Gasteiger partial charge on any atom is 0.257 e. The summed E-state index contributed by atoms with van der Waals surface area (Å²) in [5.74, 6) is -0.523. The van der Waals surface area contributed by atoms with Crippen LogP contribution in [0.2, 0.25) is 0 Å². The summed E-state index contributed by atoms with van der Waals surface area (Å²) in [6.07, 6.45) is 6.16. The highest BCUT2D eigenvalue weighted by Crippen LogP contribution is 2.35. The number of nitrogens with zero attached hydrogens (tertiary/aromatic N) is 3. The van der Waals surface area contributed by atoms with Crippen LogP contribution in [0.5, 0.6) is 0 Å². The van der Waals surface area contributed by atoms with Crippen molar-refractivity contribution >= 4 is 45.6 Å². The van der Waals surface area contributed by atoms with E-state index in [0.717, 1.165) is 23.5 Å². The Labute approximate surface area is 207 Å². The van der Waals surface area contributed by atoms with Gasteiger partial charge in [-0.2, -0.15) is 0 Å². The molecule has 2 heterocycles. The summed E-state index contributed by atoms with van der Waals surface area (Å²) in [4.78, 5) is 39.4. The lowest BCUT2D eigenvalue weighted by atomic mass is 9.90. The predicted molar refractivity (Wildman–Crippen MR) is 136 cm³/mol. The second-order valence-corrected chi connectivity index (χ2v) is 10.1. The molecule has 1 unspecified atom stereocenters. The summed E-state index contributed by atoms with van der Waals surface area (Å²) < 4.78 is 0. The van der Waals surface area contributed by atoms with Crippen molar-refractivity contribution in [2.45, 2.75) is 44.4 Å². The SMILES string of the molecule is O=C(Nc1nnc(C2CCCCC2)s1)c1ccc(NC(=O)C2CC(=O)N(c3ccccc3)C2)cc1. The molecule has 3 aromatic rings. The zero-order valence-corrected chi connectivity index (χ0v) is 20.1. The van der Waals surface area contributed by atoms with Gasteiger partial charge in [0.2, 0.25) is 16.9 Å². The molecule has 5 rings (SSSR count). The minimum absolute atomic E-state index is 0.0633. The molecule has 2 aromatic carbocycles. The van der Waals surface area contributed by atoms with Crippen molar-refractivity contribution in [2.24, 2.45) is 5.92 Å². The topological polar surface area (TPSA) is 104 Å². The Bertz CT molecular complexity index is 1210. The second kappa shape index (κ2) is 10.4. The molecule has 9 heteroatoms. The van der Waals surface area contributed by atoms with Crippen LogP contribution < -0.4 is 15.5 Å². The second-order valence-electron chi connectivity index (χ2n) is 9.04. The number of carbonyl (C=O) groups is 3. The molecule has 180 valence electrons. The van der Waals surface area contributed by atoms with Gasteiger partial charge in [-0.15, -0.1) is 10.2 Å². The van der Waals surface area contributed by atoms with E-state index in [-0.39, 0.29) is 24.1 Å². The molecule has 35 heavy (non-hydrogen) atoms. The largest absolute Gasteiger partial charge is 0.326 e. The molecular formula is C26H27N5O3S. The van der Waals surface area contributed by atoms with Crippen molar-refractivity contribution in [2.75, 3.05) is 22.1 Å². The van der Waals surface area contributed by atoms with Gasteiger partial charge in [0.25, 0.3) is 5.91 Å². The third kappa shape index (κ3) is 5.40. The minimum Gasteiger partial charge on any atom is -0.326 e. The van der Waals surface area contributed by atoms with Crippen LogP contribution in [-0.2, 0) is 9.59 Å². The minimum atomic E-state index is -0.429. The van der Waals surface area contributed by atoms with Crippen LogP contribution in [0.1, 0.15) is 59.8 Å². The van der Waals surface area contributed by atoms with E-state index < -0.39 is 5.92 Å². The van der Waals surface area contributed by atoms with Crippen LogP contribution >= 0.6 is 11.3 Å². The van der Waals surface area contributed by atoms with Crippen LogP contribution in [0, 0.1) is 5.92 Å². The summed E-state index contributed by atoms with van der Waals surface area (Å²) >= 11 is 1.44. The first-order valence-corrected chi connectivity index (χ1v) is 12.8. The van der Waals surface area contributed by atoms with Crippen LogP contribution in [0.3, 0.4) is 0 Å². The van der Waals surface area contributed by atoms with Gasteiger partial charge in [-0.3, -0.25) is 19.7 Å². The Kier molecular flexibility index (Phi) is 6.85. The van der Waals surface area contributed by atoms with Crippen LogP contribution in [0.15, 0.2) is 54.6 Å². The summed E-state index contributed by atoms with van der Waals surface area (Å²) in [6.45, 7) is 0.347. The third-order valence-corrected chi connectivity index (χ3v) is 7.60. The molecular weight excluding hydrogens is 462 g/mol. The Hall–Kier alpha value is -3.59. The lowest BCUT2D eigenvalue weighted by Gasteiger charge is -2.18. The summed E-state index contributed by atoms with van der Waals surface area (Å²) in [5.41, 5.74) is 1.83. The Morgan fingerprint density at radius 1 is 0.914 bits per heavy atom. The quantitative estimate of drug-likeness (QED) is 0.516. The van der Waals surface area contributed by atoms with Gasteiger partial charge in [0.1, 0.15) is 5.01 Å². The number of hydrogen-bond acceptors (Lipinski definition) is 6. The fourth-order valence-corrected chi connectivity index (χ4v) is 5.57. The van der Waals surface area contributed by atoms with Crippen molar-refractivity contribution in [3.63, 3.8) is 0 Å². The fourth-order valence-electron chi connectivity index (χ4n) is 4.66. The molecule has 0 bridgehead atoms. The number of rotatable bonds is 6. The first-order valence-electron chi connectivity index (χ1n) is 12.0. The first kappa shape index (κ1) is 23.2. The molecule has 8 nitrogen and oxygen atoms in total. The van der Waals surface area contributed by atoms with Gasteiger partial charge in [0.15, 0.2) is 0 Å². The Morgan fingerprint density at radius 3 is 2.40 bits per heavy atom. The van der Waals surface area contributed by atoms with Gasteiger partial charge in [0, 0.05) is 35.8 Å². The lowest BCUT2D eigenvalue weighted by Crippen LogP contribution is -2.28. The van der Waals surface area contributed by atoms with E-state index in [4.69, 9.17) is 0 Å². The molecule has 0 radical (unpaired) electrons. The van der Waals surface area contributed by atoms with E-state index in [9.17, 15) is 14.4 Å².